The van der Waals surface area contributed by atoms with Crippen molar-refractivity contribution in [1.82, 2.24) is 5.32 Å². The van der Waals surface area contributed by atoms with Crippen LogP contribution in [-0.4, -0.2) is 13.1 Å². The Labute approximate surface area is 118 Å². The Morgan fingerprint density at radius 2 is 2.06 bits per heavy atom. The lowest BCUT2D eigenvalue weighted by molar-refractivity contribution is 0.438. The molecule has 1 aromatic rings. The molecule has 1 N–H and O–H groups in total. The zero-order chi connectivity index (χ0) is 13.4. The Kier molecular flexibility index (Phi) is 7.52. The van der Waals surface area contributed by atoms with Gasteiger partial charge >= 0.3 is 0 Å². The summed E-state index contributed by atoms with van der Waals surface area (Å²) in [6.07, 6.45) is 4.57. The Balaban J connectivity index is 2.58. The molecule has 0 heterocycles. The van der Waals surface area contributed by atoms with Gasteiger partial charge in [-0.25, -0.2) is 4.39 Å². The lowest BCUT2D eigenvalue weighted by Crippen LogP contribution is -2.25. The maximum atomic E-state index is 13.0. The van der Waals surface area contributed by atoms with Gasteiger partial charge in [0.1, 0.15) is 5.82 Å². The largest absolute Gasteiger partial charge is 0.316 e. The van der Waals surface area contributed by atoms with Crippen molar-refractivity contribution in [2.45, 2.75) is 39.5 Å². The smallest absolute Gasteiger partial charge is 0.124 e. The summed E-state index contributed by atoms with van der Waals surface area (Å²) >= 11 is 3.45. The normalized spacial score (nSPS) is 12.7. The van der Waals surface area contributed by atoms with Crippen LogP contribution in [0.15, 0.2) is 22.7 Å². The van der Waals surface area contributed by atoms with E-state index in [2.05, 4.69) is 35.1 Å². The molecule has 1 aromatic carbocycles. The van der Waals surface area contributed by atoms with Crippen LogP contribution in [0, 0.1) is 11.7 Å². The maximum Gasteiger partial charge on any atom is 0.124 e. The van der Waals surface area contributed by atoms with E-state index < -0.39 is 0 Å². The van der Waals surface area contributed by atoms with Crippen molar-refractivity contribution in [1.29, 1.82) is 0 Å². The van der Waals surface area contributed by atoms with Crippen LogP contribution < -0.4 is 5.32 Å². The summed E-state index contributed by atoms with van der Waals surface area (Å²) in [5.74, 6) is 0.449. The van der Waals surface area contributed by atoms with Crippen molar-refractivity contribution in [3.63, 3.8) is 0 Å². The van der Waals surface area contributed by atoms with Gasteiger partial charge in [0.25, 0.3) is 0 Å². The van der Waals surface area contributed by atoms with Crippen LogP contribution in [0.25, 0.3) is 0 Å². The third-order valence-electron chi connectivity index (χ3n) is 3.08. The molecule has 1 nitrogen and oxygen atoms in total. The van der Waals surface area contributed by atoms with Gasteiger partial charge in [-0.1, -0.05) is 42.3 Å². The number of rotatable bonds is 8. The average molecular weight is 316 g/mol. The van der Waals surface area contributed by atoms with Gasteiger partial charge in [0.05, 0.1) is 0 Å². The van der Waals surface area contributed by atoms with Crippen molar-refractivity contribution >= 4 is 15.9 Å². The molecule has 0 aliphatic heterocycles. The van der Waals surface area contributed by atoms with Crippen LogP contribution in [0.2, 0.25) is 0 Å². The van der Waals surface area contributed by atoms with Gasteiger partial charge in [-0.05, 0) is 56.0 Å². The molecule has 1 atom stereocenters. The van der Waals surface area contributed by atoms with Crippen molar-refractivity contribution in [3.05, 3.63) is 34.1 Å². The van der Waals surface area contributed by atoms with Crippen molar-refractivity contribution in [2.75, 3.05) is 13.1 Å². The number of benzene rings is 1. The van der Waals surface area contributed by atoms with Gasteiger partial charge in [-0.15, -0.1) is 0 Å². The highest BCUT2D eigenvalue weighted by Gasteiger charge is 2.11. The fourth-order valence-corrected chi connectivity index (χ4v) is 2.68. The molecule has 1 unspecified atom stereocenters. The summed E-state index contributed by atoms with van der Waals surface area (Å²) in [4.78, 5) is 0. The second-order valence-corrected chi connectivity index (χ2v) is 5.65. The number of halogens is 2. The molecule has 0 spiro atoms. The minimum absolute atomic E-state index is 0.179. The molecule has 0 bridgehead atoms. The van der Waals surface area contributed by atoms with Gasteiger partial charge in [0.15, 0.2) is 0 Å². The first kappa shape index (κ1) is 15.6. The summed E-state index contributed by atoms with van der Waals surface area (Å²) in [6.45, 7) is 6.52. The fraction of sp³-hybridized carbons (Fsp3) is 0.600. The summed E-state index contributed by atoms with van der Waals surface area (Å²) in [5.41, 5.74) is 1.20. The van der Waals surface area contributed by atoms with Gasteiger partial charge in [-0.3, -0.25) is 0 Å². The van der Waals surface area contributed by atoms with E-state index in [1.165, 1.54) is 24.8 Å². The summed E-state index contributed by atoms with van der Waals surface area (Å²) in [7, 11) is 0. The second kappa shape index (κ2) is 8.65. The highest BCUT2D eigenvalue weighted by atomic mass is 79.9. The standard InChI is InChI=1S/C15H23BrFN/c1-3-5-12(11-18-8-4-2)9-13-6-7-14(17)10-15(13)16/h6-7,10,12,18H,3-5,8-9,11H2,1-2H3. The van der Waals surface area contributed by atoms with E-state index in [1.54, 1.807) is 12.1 Å². The molecule has 0 fully saturated rings. The Bertz CT molecular complexity index is 354. The van der Waals surface area contributed by atoms with E-state index in [0.717, 1.165) is 24.0 Å². The summed E-state index contributed by atoms with van der Waals surface area (Å²) in [5, 5.41) is 3.48. The minimum atomic E-state index is -0.179. The first-order chi connectivity index (χ1) is 8.67. The van der Waals surface area contributed by atoms with Gasteiger partial charge in [0.2, 0.25) is 0 Å². The Morgan fingerprint density at radius 3 is 2.67 bits per heavy atom. The third kappa shape index (κ3) is 5.49. The number of hydrogen-bond donors (Lipinski definition) is 1. The molecule has 0 aliphatic carbocycles. The molecule has 0 saturated carbocycles. The van der Waals surface area contributed by atoms with E-state index in [-0.39, 0.29) is 5.82 Å². The van der Waals surface area contributed by atoms with E-state index in [9.17, 15) is 4.39 Å². The highest BCUT2D eigenvalue weighted by molar-refractivity contribution is 9.10. The van der Waals surface area contributed by atoms with E-state index in [1.807, 2.05) is 6.07 Å². The predicted molar refractivity (Wildman–Crippen MR) is 79.4 cm³/mol. The first-order valence-electron chi connectivity index (χ1n) is 6.82. The Morgan fingerprint density at radius 1 is 1.28 bits per heavy atom. The topological polar surface area (TPSA) is 12.0 Å². The van der Waals surface area contributed by atoms with Gasteiger partial charge < -0.3 is 5.32 Å². The molecule has 102 valence electrons. The van der Waals surface area contributed by atoms with E-state index in [0.29, 0.717) is 5.92 Å². The molecular formula is C15H23BrFN. The zero-order valence-electron chi connectivity index (χ0n) is 11.3. The zero-order valence-corrected chi connectivity index (χ0v) is 12.9. The molecule has 0 aliphatic rings. The van der Waals surface area contributed by atoms with Crippen LogP contribution in [0.5, 0.6) is 0 Å². The monoisotopic (exact) mass is 315 g/mol. The van der Waals surface area contributed by atoms with Crippen molar-refractivity contribution < 1.29 is 4.39 Å². The molecule has 0 radical (unpaired) electrons. The molecule has 0 saturated heterocycles. The summed E-state index contributed by atoms with van der Waals surface area (Å²) < 4.78 is 13.9. The van der Waals surface area contributed by atoms with Crippen molar-refractivity contribution in [3.8, 4) is 0 Å². The SMILES string of the molecule is CCCNCC(CCC)Cc1ccc(F)cc1Br. The van der Waals surface area contributed by atoms with Crippen LogP contribution >= 0.6 is 15.9 Å². The van der Waals surface area contributed by atoms with Gasteiger partial charge in [0, 0.05) is 4.47 Å². The quantitative estimate of drug-likeness (QED) is 0.694. The fourth-order valence-electron chi connectivity index (χ4n) is 2.17. The second-order valence-electron chi connectivity index (χ2n) is 4.80. The molecular weight excluding hydrogens is 293 g/mol. The van der Waals surface area contributed by atoms with Crippen LogP contribution in [0.1, 0.15) is 38.7 Å². The molecule has 18 heavy (non-hydrogen) atoms. The average Bonchev–Trinajstić information content (AvgIpc) is 2.33. The van der Waals surface area contributed by atoms with Crippen LogP contribution in [0.4, 0.5) is 4.39 Å². The molecule has 3 heteroatoms. The first-order valence-corrected chi connectivity index (χ1v) is 7.61. The molecule has 0 aromatic heterocycles. The lowest BCUT2D eigenvalue weighted by atomic mass is 9.95. The molecule has 0 amide bonds. The van der Waals surface area contributed by atoms with Crippen LogP contribution in [0.3, 0.4) is 0 Å². The van der Waals surface area contributed by atoms with Gasteiger partial charge in [-0.2, -0.15) is 0 Å². The predicted octanol–water partition coefficient (Wildman–Crippen LogP) is 4.55. The molecule has 1 rings (SSSR count). The Hall–Kier alpha value is -0.410. The minimum Gasteiger partial charge on any atom is -0.316 e. The van der Waals surface area contributed by atoms with Crippen LogP contribution in [-0.2, 0) is 6.42 Å². The maximum absolute atomic E-state index is 13.0. The van der Waals surface area contributed by atoms with E-state index in [4.69, 9.17) is 0 Å². The van der Waals surface area contributed by atoms with E-state index >= 15 is 0 Å². The summed E-state index contributed by atoms with van der Waals surface area (Å²) in [6, 6.07) is 4.99. The third-order valence-corrected chi connectivity index (χ3v) is 3.82. The number of nitrogens with one attached hydrogen (secondary N) is 1. The van der Waals surface area contributed by atoms with Crippen molar-refractivity contribution in [2.24, 2.45) is 5.92 Å². The highest BCUT2D eigenvalue weighted by Crippen LogP contribution is 2.22. The lowest BCUT2D eigenvalue weighted by Gasteiger charge is -2.17. The number of hydrogen-bond acceptors (Lipinski definition) is 1.